The normalized spacial score (nSPS) is 22.6. The monoisotopic (exact) mass is 442 g/mol. The van der Waals surface area contributed by atoms with Crippen LogP contribution in [0.1, 0.15) is 69.7 Å². The topological polar surface area (TPSA) is 106 Å². The molecule has 0 aromatic carbocycles. The van der Waals surface area contributed by atoms with Crippen molar-refractivity contribution in [3.05, 3.63) is 42.0 Å². The van der Waals surface area contributed by atoms with Gasteiger partial charge in [0.05, 0.1) is 30.0 Å². The van der Waals surface area contributed by atoms with E-state index < -0.39 is 5.97 Å². The Labute approximate surface area is 189 Å². The van der Waals surface area contributed by atoms with Crippen LogP contribution in [0.15, 0.2) is 30.6 Å². The van der Waals surface area contributed by atoms with E-state index in [1.54, 1.807) is 17.8 Å². The summed E-state index contributed by atoms with van der Waals surface area (Å²) in [5, 5.41) is 20.7. The molecule has 0 unspecified atom stereocenters. The molecule has 8 heteroatoms. The molecule has 2 fully saturated rings. The molecule has 0 radical (unpaired) electrons. The van der Waals surface area contributed by atoms with Crippen LogP contribution in [-0.2, 0) is 27.9 Å². The van der Waals surface area contributed by atoms with Gasteiger partial charge in [-0.1, -0.05) is 30.7 Å². The van der Waals surface area contributed by atoms with E-state index in [4.69, 9.17) is 4.74 Å². The number of allylic oxidation sites excluding steroid dienone is 5. The number of aryl methyl sites for hydroxylation is 1. The number of hydrogen-bond acceptors (Lipinski definition) is 5. The molecule has 0 saturated heterocycles. The summed E-state index contributed by atoms with van der Waals surface area (Å²) >= 11 is 0. The predicted octanol–water partition coefficient (Wildman–Crippen LogP) is 3.75. The van der Waals surface area contributed by atoms with Gasteiger partial charge in [0.2, 0.25) is 5.91 Å². The number of amides is 1. The van der Waals surface area contributed by atoms with Crippen LogP contribution in [-0.4, -0.2) is 38.1 Å². The Bertz CT molecular complexity index is 896. The lowest BCUT2D eigenvalue weighted by Gasteiger charge is -2.27. The molecule has 8 nitrogen and oxygen atoms in total. The molecule has 174 valence electrons. The molecule has 2 aliphatic rings. The van der Waals surface area contributed by atoms with E-state index in [1.165, 1.54) is 0 Å². The summed E-state index contributed by atoms with van der Waals surface area (Å²) in [4.78, 5) is 23.7. The first-order chi connectivity index (χ1) is 15.4. The second kappa shape index (κ2) is 11.1. The van der Waals surface area contributed by atoms with Gasteiger partial charge in [0, 0.05) is 18.5 Å². The fraction of sp³-hybridized carbons (Fsp3) is 0.583. The third-order valence-corrected chi connectivity index (χ3v) is 6.42. The molecule has 3 rings (SSSR count). The lowest BCUT2D eigenvalue weighted by Crippen LogP contribution is -2.29. The third-order valence-electron chi connectivity index (χ3n) is 6.42. The number of carboxylic acids is 1. The van der Waals surface area contributed by atoms with Gasteiger partial charge in [0.15, 0.2) is 0 Å². The Morgan fingerprint density at radius 3 is 2.59 bits per heavy atom. The van der Waals surface area contributed by atoms with Crippen molar-refractivity contribution in [1.82, 2.24) is 20.3 Å². The Balaban J connectivity index is 1.66. The molecular weight excluding hydrogens is 408 g/mol. The fourth-order valence-corrected chi connectivity index (χ4v) is 4.53. The molecule has 32 heavy (non-hydrogen) atoms. The molecule has 2 atom stereocenters. The maximum Gasteiger partial charge on any atom is 0.306 e. The molecule has 2 aliphatic carbocycles. The van der Waals surface area contributed by atoms with Crippen molar-refractivity contribution in [2.24, 2.45) is 18.9 Å². The maximum absolute atomic E-state index is 12.4. The Morgan fingerprint density at radius 1 is 1.19 bits per heavy atom. The Morgan fingerprint density at radius 2 is 1.91 bits per heavy atom. The van der Waals surface area contributed by atoms with Crippen molar-refractivity contribution in [2.45, 2.75) is 70.9 Å². The quantitative estimate of drug-likeness (QED) is 0.446. The van der Waals surface area contributed by atoms with Gasteiger partial charge in [-0.15, -0.1) is 5.10 Å². The summed E-state index contributed by atoms with van der Waals surface area (Å²) < 4.78 is 7.66. The zero-order chi connectivity index (χ0) is 23.1. The summed E-state index contributed by atoms with van der Waals surface area (Å²) in [7, 11) is 1.81. The molecule has 0 bridgehead atoms. The lowest BCUT2D eigenvalue weighted by atomic mass is 9.87. The highest BCUT2D eigenvalue weighted by Gasteiger charge is 2.28. The molecular formula is C24H34N4O4. The third kappa shape index (κ3) is 6.08. The summed E-state index contributed by atoms with van der Waals surface area (Å²) in [6, 6.07) is 0. The maximum atomic E-state index is 12.4. The van der Waals surface area contributed by atoms with E-state index in [2.05, 4.69) is 22.2 Å². The number of hydrogen-bond donors (Lipinski definition) is 2. The molecule has 2 saturated carbocycles. The fourth-order valence-electron chi connectivity index (χ4n) is 4.53. The number of carbonyl (C=O) groups excluding carboxylic acids is 1. The van der Waals surface area contributed by atoms with Crippen molar-refractivity contribution < 1.29 is 19.4 Å². The van der Waals surface area contributed by atoms with Gasteiger partial charge in [0.25, 0.3) is 0 Å². The molecule has 1 aromatic heterocycles. The molecule has 1 amide bonds. The number of nitrogens with zero attached hydrogens (tertiary/aromatic N) is 3. The van der Waals surface area contributed by atoms with Crippen LogP contribution in [0.2, 0.25) is 0 Å². The first-order valence-electron chi connectivity index (χ1n) is 11.5. The number of aromatic nitrogens is 3. The highest BCUT2D eigenvalue weighted by atomic mass is 16.5. The number of carboxylic acid groups (broad SMARTS) is 1. The van der Waals surface area contributed by atoms with Crippen LogP contribution in [0.4, 0.5) is 0 Å². The number of aliphatic carboxylic acids is 1. The average molecular weight is 443 g/mol. The highest BCUT2D eigenvalue weighted by Crippen LogP contribution is 2.28. The van der Waals surface area contributed by atoms with Crippen LogP contribution in [0.25, 0.3) is 5.57 Å². The SMILES string of the molecule is C=C/C(=C\C=C(/C)O[C@H]1CCC[C@H](C(=O)O)C1)c1nnn(C)c1CNC(=O)C1CCCC1. The van der Waals surface area contributed by atoms with Gasteiger partial charge in [-0.25, -0.2) is 4.68 Å². The standard InChI is InChI=1S/C24H34N4O4/c1-4-17(13-12-16(2)32-20-11-7-10-19(14-20)24(30)31)22-21(28(3)27-26-22)15-25-23(29)18-8-5-6-9-18/h4,12-13,18-20H,1,5-11,14-15H2,2-3H3,(H,25,29)(H,30,31)/b16-12+,17-13+/t19-,20-/m0/s1. The van der Waals surface area contributed by atoms with E-state index >= 15 is 0 Å². The smallest absolute Gasteiger partial charge is 0.306 e. The van der Waals surface area contributed by atoms with Crippen LogP contribution in [0.5, 0.6) is 0 Å². The minimum atomic E-state index is -0.746. The van der Waals surface area contributed by atoms with Crippen molar-refractivity contribution in [1.29, 1.82) is 0 Å². The Kier molecular flexibility index (Phi) is 8.25. The molecule has 1 heterocycles. The molecule has 0 spiro atoms. The lowest BCUT2D eigenvalue weighted by molar-refractivity contribution is -0.144. The summed E-state index contributed by atoms with van der Waals surface area (Å²) in [5.41, 5.74) is 2.26. The van der Waals surface area contributed by atoms with Crippen LogP contribution < -0.4 is 5.32 Å². The number of ether oxygens (including phenoxy) is 1. The van der Waals surface area contributed by atoms with Crippen molar-refractivity contribution in [2.75, 3.05) is 0 Å². The van der Waals surface area contributed by atoms with E-state index in [-0.39, 0.29) is 23.8 Å². The average Bonchev–Trinajstić information content (AvgIpc) is 3.43. The predicted molar refractivity (Wildman–Crippen MR) is 121 cm³/mol. The molecule has 2 N–H and O–H groups in total. The van der Waals surface area contributed by atoms with Crippen LogP contribution in [0, 0.1) is 11.8 Å². The zero-order valence-electron chi connectivity index (χ0n) is 19.0. The molecule has 0 aliphatic heterocycles. The minimum Gasteiger partial charge on any atom is -0.495 e. The largest absolute Gasteiger partial charge is 0.495 e. The second-order valence-electron chi connectivity index (χ2n) is 8.75. The second-order valence-corrected chi connectivity index (χ2v) is 8.75. The van der Waals surface area contributed by atoms with Crippen molar-refractivity contribution in [3.63, 3.8) is 0 Å². The van der Waals surface area contributed by atoms with Gasteiger partial charge >= 0.3 is 5.97 Å². The van der Waals surface area contributed by atoms with E-state index in [9.17, 15) is 14.7 Å². The van der Waals surface area contributed by atoms with Crippen molar-refractivity contribution in [3.8, 4) is 0 Å². The minimum absolute atomic E-state index is 0.0837. The molecule has 1 aromatic rings. The van der Waals surface area contributed by atoms with E-state index in [0.717, 1.165) is 49.8 Å². The first kappa shape index (κ1) is 23.8. The van der Waals surface area contributed by atoms with Crippen LogP contribution >= 0.6 is 0 Å². The summed E-state index contributed by atoms with van der Waals surface area (Å²) in [6.07, 6.45) is 12.5. The number of rotatable bonds is 9. The number of nitrogens with one attached hydrogen (secondary N) is 1. The van der Waals surface area contributed by atoms with E-state index in [1.807, 2.05) is 19.1 Å². The van der Waals surface area contributed by atoms with Crippen LogP contribution in [0.3, 0.4) is 0 Å². The summed E-state index contributed by atoms with van der Waals surface area (Å²) in [5.74, 6) is -0.167. The van der Waals surface area contributed by atoms with Gasteiger partial charge < -0.3 is 15.2 Å². The van der Waals surface area contributed by atoms with Gasteiger partial charge in [0.1, 0.15) is 5.69 Å². The van der Waals surface area contributed by atoms with E-state index in [0.29, 0.717) is 30.8 Å². The summed E-state index contributed by atoms with van der Waals surface area (Å²) in [6.45, 7) is 6.12. The number of carbonyl (C=O) groups is 2. The Hall–Kier alpha value is -2.90. The van der Waals surface area contributed by atoms with Gasteiger partial charge in [-0.2, -0.15) is 0 Å². The van der Waals surface area contributed by atoms with Gasteiger partial charge in [-0.05, 0) is 57.6 Å². The van der Waals surface area contributed by atoms with Crippen molar-refractivity contribution >= 4 is 17.4 Å². The van der Waals surface area contributed by atoms with Gasteiger partial charge in [-0.3, -0.25) is 9.59 Å². The zero-order valence-corrected chi connectivity index (χ0v) is 19.0. The first-order valence-corrected chi connectivity index (χ1v) is 11.5. The highest BCUT2D eigenvalue weighted by molar-refractivity contribution is 5.79.